The molecule has 5 atom stereocenters. The number of aliphatic hydroxyl groups excluding tert-OH is 1. The van der Waals surface area contributed by atoms with E-state index in [0.717, 1.165) is 30.6 Å². The molecule has 0 aromatic heterocycles. The van der Waals surface area contributed by atoms with Gasteiger partial charge in [0.1, 0.15) is 18.8 Å². The number of hydrogen-bond donors (Lipinski definition) is 1. The van der Waals surface area contributed by atoms with Gasteiger partial charge in [0.15, 0.2) is 0 Å². The minimum Gasteiger partial charge on any atom is -0.435 e. The molecule has 1 N–H and O–H groups in total. The van der Waals surface area contributed by atoms with Crippen LogP contribution in [0.5, 0.6) is 0 Å². The zero-order valence-electron chi connectivity index (χ0n) is 21.5. The van der Waals surface area contributed by atoms with Gasteiger partial charge in [0, 0.05) is 29.6 Å². The highest BCUT2D eigenvalue weighted by atomic mass is 32.2. The normalized spacial score (nSPS) is 25.4. The summed E-state index contributed by atoms with van der Waals surface area (Å²) in [5, 5.41) is 10.8. The molecule has 2 aliphatic heterocycles. The molecule has 5 unspecified atom stereocenters. The summed E-state index contributed by atoms with van der Waals surface area (Å²) in [6.45, 7) is 6.81. The molecule has 0 aliphatic carbocycles. The fourth-order valence-corrected chi connectivity index (χ4v) is 6.09. The van der Waals surface area contributed by atoms with Crippen LogP contribution in [0, 0.1) is 0 Å². The average molecular weight is 515 g/mol. The number of rotatable bonds is 10. The van der Waals surface area contributed by atoms with Gasteiger partial charge in [-0.25, -0.2) is 4.79 Å². The van der Waals surface area contributed by atoms with E-state index in [1.165, 1.54) is 21.6 Å². The Morgan fingerprint density at radius 1 is 1.08 bits per heavy atom. The van der Waals surface area contributed by atoms with Crippen molar-refractivity contribution in [1.82, 2.24) is 0 Å². The predicted molar refractivity (Wildman–Crippen MR) is 141 cm³/mol. The number of aliphatic hydroxyl groups is 1. The van der Waals surface area contributed by atoms with E-state index < -0.39 is 18.4 Å². The van der Waals surface area contributed by atoms with Crippen molar-refractivity contribution in [2.24, 2.45) is 0 Å². The van der Waals surface area contributed by atoms with E-state index in [1.807, 2.05) is 11.8 Å². The molecule has 0 bridgehead atoms. The summed E-state index contributed by atoms with van der Waals surface area (Å²) in [5.41, 5.74) is 5.01. The summed E-state index contributed by atoms with van der Waals surface area (Å²) in [6, 6.07) is 15.5. The van der Waals surface area contributed by atoms with Gasteiger partial charge in [-0.3, -0.25) is 0 Å². The summed E-state index contributed by atoms with van der Waals surface area (Å²) < 4.78 is 22.6. The molecule has 0 radical (unpaired) electrons. The topological polar surface area (TPSA) is 74.2 Å². The maximum atomic E-state index is 11.7. The molecule has 36 heavy (non-hydrogen) atoms. The number of benzene rings is 2. The fourth-order valence-electron chi connectivity index (χ4n) is 4.84. The fraction of sp³-hybridized carbons (Fsp3) is 0.552. The first-order chi connectivity index (χ1) is 17.5. The van der Waals surface area contributed by atoms with Gasteiger partial charge in [0.25, 0.3) is 0 Å². The molecule has 0 amide bonds. The van der Waals surface area contributed by atoms with E-state index in [2.05, 4.69) is 56.3 Å². The van der Waals surface area contributed by atoms with Crippen LogP contribution in [0.15, 0.2) is 47.4 Å². The van der Waals surface area contributed by atoms with Gasteiger partial charge in [0.2, 0.25) is 0 Å². The second-order valence-corrected chi connectivity index (χ2v) is 10.5. The van der Waals surface area contributed by atoms with Crippen molar-refractivity contribution in [3.8, 4) is 0 Å². The van der Waals surface area contributed by atoms with E-state index in [0.29, 0.717) is 18.9 Å². The number of aryl methyl sites for hydroxylation is 1. The third-order valence-corrected chi connectivity index (χ3v) is 8.14. The van der Waals surface area contributed by atoms with E-state index in [4.69, 9.17) is 18.9 Å². The van der Waals surface area contributed by atoms with Crippen LogP contribution in [0.25, 0.3) is 0 Å². The van der Waals surface area contributed by atoms with E-state index in [1.54, 1.807) is 6.92 Å². The van der Waals surface area contributed by atoms with Crippen molar-refractivity contribution in [2.75, 3.05) is 25.6 Å². The monoisotopic (exact) mass is 514 g/mol. The molecule has 0 saturated carbocycles. The third-order valence-electron chi connectivity index (χ3n) is 6.95. The van der Waals surface area contributed by atoms with Gasteiger partial charge in [-0.05, 0) is 48.1 Å². The molecule has 4 rings (SSSR count). The Kier molecular flexibility index (Phi) is 9.71. The van der Waals surface area contributed by atoms with Crippen LogP contribution >= 0.6 is 11.8 Å². The molecule has 1 fully saturated rings. The molecule has 6 nitrogen and oxygen atoms in total. The molecular formula is C29H38O6S. The summed E-state index contributed by atoms with van der Waals surface area (Å²) >= 11 is 1.89. The lowest BCUT2D eigenvalue weighted by atomic mass is 9.88. The van der Waals surface area contributed by atoms with Crippen LogP contribution < -0.4 is 0 Å². The number of hydrogen-bond acceptors (Lipinski definition) is 7. The minimum atomic E-state index is -0.794. The van der Waals surface area contributed by atoms with E-state index in [9.17, 15) is 9.90 Å². The highest BCUT2D eigenvalue weighted by Crippen LogP contribution is 2.45. The number of unbranched alkanes of at least 4 members (excludes halogenated alkanes) is 1. The number of thioether (sulfide) groups is 1. The van der Waals surface area contributed by atoms with Gasteiger partial charge in [-0.2, -0.15) is 0 Å². The molecule has 0 spiro atoms. The number of ether oxygens (including phenoxy) is 4. The summed E-state index contributed by atoms with van der Waals surface area (Å²) in [4.78, 5) is 13.0. The second-order valence-electron chi connectivity index (χ2n) is 9.41. The maximum Gasteiger partial charge on any atom is 0.508 e. The highest BCUT2D eigenvalue weighted by Gasteiger charge is 2.40. The highest BCUT2D eigenvalue weighted by molar-refractivity contribution is 7.99. The van der Waals surface area contributed by atoms with E-state index in [-0.39, 0.29) is 25.4 Å². The van der Waals surface area contributed by atoms with Gasteiger partial charge >= 0.3 is 6.16 Å². The molecule has 2 heterocycles. The van der Waals surface area contributed by atoms with Gasteiger partial charge in [-0.15, -0.1) is 11.8 Å². The predicted octanol–water partition coefficient (Wildman–Crippen LogP) is 6.04. The Bertz CT molecular complexity index is 994. The maximum absolute atomic E-state index is 11.7. The quantitative estimate of drug-likeness (QED) is 0.306. The molecule has 1 saturated heterocycles. The Morgan fingerprint density at radius 3 is 2.58 bits per heavy atom. The Labute approximate surface area is 218 Å². The van der Waals surface area contributed by atoms with Gasteiger partial charge in [0.05, 0.1) is 18.8 Å². The van der Waals surface area contributed by atoms with Crippen molar-refractivity contribution >= 4 is 17.9 Å². The molecule has 196 valence electrons. The molecule has 2 aliphatic rings. The van der Waals surface area contributed by atoms with Crippen LogP contribution in [-0.4, -0.2) is 55.1 Å². The lowest BCUT2D eigenvalue weighted by Gasteiger charge is -2.39. The zero-order chi connectivity index (χ0) is 25.5. The van der Waals surface area contributed by atoms with Crippen LogP contribution in [0.2, 0.25) is 0 Å². The SMILES string of the molecule is CCCCOC1CC(O)C(COC(=O)OCC)OC1c1ccc2c(c1)C(c1ccc(CC)cc1)CS2. The first-order valence-electron chi connectivity index (χ1n) is 13.1. The minimum absolute atomic E-state index is 0.0641. The Hall–Kier alpha value is -2.06. The van der Waals surface area contributed by atoms with Gasteiger partial charge < -0.3 is 24.1 Å². The number of fused-ring (bicyclic) bond motifs is 1. The van der Waals surface area contributed by atoms with Crippen LogP contribution in [-0.2, 0) is 25.4 Å². The van der Waals surface area contributed by atoms with Crippen LogP contribution in [0.3, 0.4) is 0 Å². The molecular weight excluding hydrogens is 476 g/mol. The van der Waals surface area contributed by atoms with Crippen molar-refractivity contribution in [1.29, 1.82) is 0 Å². The number of carbonyl (C=O) groups excluding carboxylic acids is 1. The number of carbonyl (C=O) groups is 1. The molecule has 2 aromatic carbocycles. The standard InChI is InChI=1S/C29H38O6S/c1-4-7-14-33-25-16-24(30)26(17-34-29(31)32-6-3)35-28(25)21-12-13-27-22(15-21)23(18-36-27)20-10-8-19(5-2)9-11-20/h8-13,15,23-26,28,30H,4-7,14,16-18H2,1-3H3. The van der Waals surface area contributed by atoms with Crippen molar-refractivity contribution in [3.63, 3.8) is 0 Å². The lowest BCUT2D eigenvalue weighted by molar-refractivity contribution is -0.197. The van der Waals surface area contributed by atoms with Gasteiger partial charge in [-0.1, -0.05) is 56.7 Å². The lowest BCUT2D eigenvalue weighted by Crippen LogP contribution is -2.46. The second kappa shape index (κ2) is 13.0. The summed E-state index contributed by atoms with van der Waals surface area (Å²) in [7, 11) is 0. The summed E-state index contributed by atoms with van der Waals surface area (Å²) in [6.07, 6.45) is 0.599. The van der Waals surface area contributed by atoms with Crippen LogP contribution in [0.1, 0.15) is 74.3 Å². The van der Waals surface area contributed by atoms with Crippen molar-refractivity contribution in [2.45, 2.75) is 81.7 Å². The van der Waals surface area contributed by atoms with Crippen molar-refractivity contribution < 1.29 is 28.8 Å². The van der Waals surface area contributed by atoms with Crippen LogP contribution in [0.4, 0.5) is 4.79 Å². The Balaban J connectivity index is 1.56. The summed E-state index contributed by atoms with van der Waals surface area (Å²) in [5.74, 6) is 1.34. The third kappa shape index (κ3) is 6.43. The molecule has 7 heteroatoms. The largest absolute Gasteiger partial charge is 0.508 e. The van der Waals surface area contributed by atoms with E-state index >= 15 is 0 Å². The van der Waals surface area contributed by atoms with Crippen molar-refractivity contribution in [3.05, 3.63) is 64.7 Å². The smallest absolute Gasteiger partial charge is 0.435 e. The first-order valence-corrected chi connectivity index (χ1v) is 14.1. The average Bonchev–Trinajstić information content (AvgIpc) is 3.32. The molecule has 2 aromatic rings. The Morgan fingerprint density at radius 2 is 1.86 bits per heavy atom. The zero-order valence-corrected chi connectivity index (χ0v) is 22.3. The first kappa shape index (κ1) is 27.0.